The van der Waals surface area contributed by atoms with Crippen LogP contribution in [-0.2, 0) is 0 Å². The molecular formula is C11H19N3O2. The summed E-state index contributed by atoms with van der Waals surface area (Å²) in [6.45, 7) is 6.35. The fourth-order valence-electron chi connectivity index (χ4n) is 1.39. The third-order valence-corrected chi connectivity index (χ3v) is 2.88. The monoisotopic (exact) mass is 225 g/mol. The van der Waals surface area contributed by atoms with Gasteiger partial charge in [0, 0.05) is 6.04 Å². The predicted molar refractivity (Wildman–Crippen MR) is 63.9 cm³/mol. The minimum atomic E-state index is -0.267. The Morgan fingerprint density at radius 1 is 1.56 bits per heavy atom. The van der Waals surface area contributed by atoms with Crippen LogP contribution < -0.4 is 15.6 Å². The van der Waals surface area contributed by atoms with E-state index in [1.807, 2.05) is 0 Å². The molecule has 0 aliphatic rings. The topological polar surface area (TPSA) is 67.0 Å². The van der Waals surface area contributed by atoms with Crippen LogP contribution in [0.5, 0.6) is 5.75 Å². The van der Waals surface area contributed by atoms with Gasteiger partial charge in [0.15, 0.2) is 5.82 Å². The highest BCUT2D eigenvalue weighted by atomic mass is 16.5. The highest BCUT2D eigenvalue weighted by molar-refractivity contribution is 5.48. The van der Waals surface area contributed by atoms with Gasteiger partial charge in [-0.1, -0.05) is 20.3 Å². The molecule has 5 heteroatoms. The van der Waals surface area contributed by atoms with Gasteiger partial charge < -0.3 is 15.0 Å². The second kappa shape index (κ2) is 5.53. The maximum atomic E-state index is 11.4. The van der Waals surface area contributed by atoms with Crippen molar-refractivity contribution in [3.8, 4) is 5.75 Å². The third kappa shape index (κ3) is 2.74. The van der Waals surface area contributed by atoms with Crippen LogP contribution in [0.3, 0.4) is 0 Å². The lowest BCUT2D eigenvalue weighted by molar-refractivity contribution is 0.405. The first kappa shape index (κ1) is 12.5. The van der Waals surface area contributed by atoms with Crippen LogP contribution in [0.25, 0.3) is 0 Å². The molecular weight excluding hydrogens is 206 g/mol. The van der Waals surface area contributed by atoms with Crippen molar-refractivity contribution in [2.75, 3.05) is 12.4 Å². The van der Waals surface area contributed by atoms with Crippen LogP contribution in [0.4, 0.5) is 5.82 Å². The average Bonchev–Trinajstić information content (AvgIpc) is 2.28. The minimum Gasteiger partial charge on any atom is -0.489 e. The molecule has 0 bridgehead atoms. The number of anilines is 1. The molecule has 0 fully saturated rings. The SMILES string of the molecule is CCC(C)C(C)Nc1nc[nH]c(=O)c1OC. The van der Waals surface area contributed by atoms with Gasteiger partial charge in [-0.25, -0.2) is 4.98 Å². The number of hydrogen-bond donors (Lipinski definition) is 2. The van der Waals surface area contributed by atoms with E-state index in [4.69, 9.17) is 4.74 Å². The molecule has 0 saturated carbocycles. The van der Waals surface area contributed by atoms with Crippen LogP contribution >= 0.6 is 0 Å². The number of nitrogens with zero attached hydrogens (tertiary/aromatic N) is 1. The lowest BCUT2D eigenvalue weighted by Gasteiger charge is -2.21. The number of nitrogens with one attached hydrogen (secondary N) is 2. The number of aromatic amines is 1. The van der Waals surface area contributed by atoms with Crippen LogP contribution in [0.1, 0.15) is 27.2 Å². The molecule has 1 rings (SSSR count). The van der Waals surface area contributed by atoms with E-state index in [0.717, 1.165) is 6.42 Å². The highest BCUT2D eigenvalue weighted by Gasteiger charge is 2.14. The van der Waals surface area contributed by atoms with Crippen molar-refractivity contribution in [2.24, 2.45) is 5.92 Å². The maximum absolute atomic E-state index is 11.4. The van der Waals surface area contributed by atoms with Crippen LogP contribution in [0.15, 0.2) is 11.1 Å². The van der Waals surface area contributed by atoms with E-state index < -0.39 is 0 Å². The Morgan fingerprint density at radius 2 is 2.25 bits per heavy atom. The molecule has 0 aliphatic carbocycles. The van der Waals surface area contributed by atoms with Gasteiger partial charge in [0.2, 0.25) is 5.75 Å². The Kier molecular flexibility index (Phi) is 4.34. The average molecular weight is 225 g/mol. The summed E-state index contributed by atoms with van der Waals surface area (Å²) in [7, 11) is 1.46. The molecule has 1 aromatic rings. The molecule has 1 aromatic heterocycles. The first-order valence-electron chi connectivity index (χ1n) is 5.48. The van der Waals surface area contributed by atoms with Gasteiger partial charge in [-0.3, -0.25) is 4.79 Å². The standard InChI is InChI=1S/C11H19N3O2/c1-5-7(2)8(3)14-10-9(16-4)11(15)13-6-12-10/h6-8H,5H2,1-4H3,(H2,12,13,14,15). The van der Waals surface area contributed by atoms with Crippen molar-refractivity contribution in [1.82, 2.24) is 9.97 Å². The van der Waals surface area contributed by atoms with E-state index in [-0.39, 0.29) is 17.4 Å². The Morgan fingerprint density at radius 3 is 2.81 bits per heavy atom. The fraction of sp³-hybridized carbons (Fsp3) is 0.636. The third-order valence-electron chi connectivity index (χ3n) is 2.88. The molecule has 16 heavy (non-hydrogen) atoms. The van der Waals surface area contributed by atoms with E-state index >= 15 is 0 Å². The lowest BCUT2D eigenvalue weighted by atomic mass is 10.0. The van der Waals surface area contributed by atoms with Gasteiger partial charge in [0.1, 0.15) is 0 Å². The number of methoxy groups -OCH3 is 1. The van der Waals surface area contributed by atoms with Gasteiger partial charge in [0.25, 0.3) is 5.56 Å². The molecule has 2 unspecified atom stereocenters. The Balaban J connectivity index is 2.89. The molecule has 0 aromatic carbocycles. The fourth-order valence-corrected chi connectivity index (χ4v) is 1.39. The van der Waals surface area contributed by atoms with Crippen LogP contribution in [0.2, 0.25) is 0 Å². The zero-order chi connectivity index (χ0) is 12.1. The number of H-pyrrole nitrogens is 1. The number of rotatable bonds is 5. The van der Waals surface area contributed by atoms with E-state index in [0.29, 0.717) is 11.7 Å². The van der Waals surface area contributed by atoms with E-state index in [2.05, 4.69) is 36.1 Å². The van der Waals surface area contributed by atoms with E-state index in [1.54, 1.807) is 0 Å². The maximum Gasteiger partial charge on any atom is 0.295 e. The number of hydrogen-bond acceptors (Lipinski definition) is 4. The smallest absolute Gasteiger partial charge is 0.295 e. The second-order valence-corrected chi connectivity index (χ2v) is 3.93. The van der Waals surface area contributed by atoms with Crippen molar-refractivity contribution >= 4 is 5.82 Å². The van der Waals surface area contributed by atoms with E-state index in [9.17, 15) is 4.79 Å². The lowest BCUT2D eigenvalue weighted by Crippen LogP contribution is -2.25. The first-order chi connectivity index (χ1) is 7.60. The van der Waals surface area contributed by atoms with Crippen LogP contribution in [0, 0.1) is 5.92 Å². The van der Waals surface area contributed by atoms with Gasteiger partial charge in [-0.05, 0) is 12.8 Å². The van der Waals surface area contributed by atoms with Crippen molar-refractivity contribution < 1.29 is 4.74 Å². The Hall–Kier alpha value is -1.52. The Bertz CT molecular complexity index is 389. The van der Waals surface area contributed by atoms with Crippen LogP contribution in [-0.4, -0.2) is 23.1 Å². The van der Waals surface area contributed by atoms with Crippen molar-refractivity contribution in [3.05, 3.63) is 16.7 Å². The summed E-state index contributed by atoms with van der Waals surface area (Å²) in [5.41, 5.74) is -0.267. The van der Waals surface area contributed by atoms with Crippen molar-refractivity contribution in [3.63, 3.8) is 0 Å². The van der Waals surface area contributed by atoms with Gasteiger partial charge in [-0.15, -0.1) is 0 Å². The molecule has 90 valence electrons. The summed E-state index contributed by atoms with van der Waals surface area (Å²) in [6.07, 6.45) is 2.44. The summed E-state index contributed by atoms with van der Waals surface area (Å²) >= 11 is 0. The quantitative estimate of drug-likeness (QED) is 0.799. The molecule has 0 saturated heterocycles. The molecule has 0 spiro atoms. The zero-order valence-corrected chi connectivity index (χ0v) is 10.2. The largest absolute Gasteiger partial charge is 0.489 e. The van der Waals surface area contributed by atoms with Crippen molar-refractivity contribution in [2.45, 2.75) is 33.2 Å². The molecule has 0 aliphatic heterocycles. The van der Waals surface area contributed by atoms with E-state index in [1.165, 1.54) is 13.4 Å². The zero-order valence-electron chi connectivity index (χ0n) is 10.2. The number of ether oxygens (including phenoxy) is 1. The normalized spacial score (nSPS) is 14.2. The molecule has 0 radical (unpaired) electrons. The first-order valence-corrected chi connectivity index (χ1v) is 5.48. The molecule has 0 amide bonds. The summed E-state index contributed by atoms with van der Waals surface area (Å²) < 4.78 is 5.02. The summed E-state index contributed by atoms with van der Waals surface area (Å²) in [6, 6.07) is 0.244. The summed E-state index contributed by atoms with van der Waals surface area (Å²) in [5.74, 6) is 1.24. The summed E-state index contributed by atoms with van der Waals surface area (Å²) in [5, 5.41) is 3.20. The highest BCUT2D eigenvalue weighted by Crippen LogP contribution is 2.18. The van der Waals surface area contributed by atoms with Crippen molar-refractivity contribution in [1.29, 1.82) is 0 Å². The molecule has 2 atom stereocenters. The predicted octanol–water partition coefficient (Wildman–Crippen LogP) is 1.62. The molecule has 2 N–H and O–H groups in total. The van der Waals surface area contributed by atoms with Gasteiger partial charge in [-0.2, -0.15) is 0 Å². The molecule has 5 nitrogen and oxygen atoms in total. The van der Waals surface area contributed by atoms with Gasteiger partial charge >= 0.3 is 0 Å². The van der Waals surface area contributed by atoms with Gasteiger partial charge in [0.05, 0.1) is 13.4 Å². The molecule has 1 heterocycles. The minimum absolute atomic E-state index is 0.234. The number of aromatic nitrogens is 2. The second-order valence-electron chi connectivity index (χ2n) is 3.93. The summed E-state index contributed by atoms with van der Waals surface area (Å²) in [4.78, 5) is 18.0. The Labute approximate surface area is 95.3 Å².